The molecule has 3 nitrogen and oxygen atoms in total. The summed E-state index contributed by atoms with van der Waals surface area (Å²) >= 11 is 1.77. The van der Waals surface area contributed by atoms with E-state index in [0.717, 1.165) is 12.3 Å². The molecule has 0 fully saturated rings. The van der Waals surface area contributed by atoms with Gasteiger partial charge in [-0.1, -0.05) is 0 Å². The lowest BCUT2D eigenvalue weighted by Crippen LogP contribution is -2.08. The molecule has 0 saturated carbocycles. The van der Waals surface area contributed by atoms with Crippen molar-refractivity contribution in [3.63, 3.8) is 0 Å². The lowest BCUT2D eigenvalue weighted by Gasteiger charge is -2.08. The Bertz CT molecular complexity index is 421. The van der Waals surface area contributed by atoms with E-state index in [2.05, 4.69) is 4.98 Å². The van der Waals surface area contributed by atoms with Crippen LogP contribution in [0.2, 0.25) is 0 Å². The van der Waals surface area contributed by atoms with Crippen LogP contribution < -0.4 is 0 Å². The van der Waals surface area contributed by atoms with E-state index in [9.17, 15) is 18.0 Å². The van der Waals surface area contributed by atoms with Gasteiger partial charge in [0, 0.05) is 16.2 Å². The third-order valence-corrected chi connectivity index (χ3v) is 2.98. The molecule has 0 radical (unpaired) electrons. The Labute approximate surface area is 109 Å². The smallest absolute Gasteiger partial charge is 0.417 e. The van der Waals surface area contributed by atoms with Crippen LogP contribution in [-0.4, -0.2) is 16.1 Å². The second kappa shape index (κ2) is 5.65. The van der Waals surface area contributed by atoms with Crippen LogP contribution in [0.15, 0.2) is 12.3 Å². The first-order valence-corrected chi connectivity index (χ1v) is 5.82. The van der Waals surface area contributed by atoms with Crippen molar-refractivity contribution in [2.75, 3.05) is 0 Å². The maximum atomic E-state index is 12.3. The summed E-state index contributed by atoms with van der Waals surface area (Å²) in [4.78, 5) is 14.0. The molecule has 1 rings (SSSR count). The lowest BCUT2D eigenvalue weighted by molar-refractivity contribution is -0.138. The molecule has 1 heterocycles. The molecule has 0 unspecified atom stereocenters. The van der Waals surface area contributed by atoms with Gasteiger partial charge in [-0.25, -0.2) is 0 Å². The number of carbonyl (C=O) groups is 1. The summed E-state index contributed by atoms with van der Waals surface area (Å²) < 4.78 is 37.4. The zero-order valence-corrected chi connectivity index (χ0v) is 10.7. The number of hydrogen-bond donors (Lipinski definition) is 1. The Morgan fingerprint density at radius 1 is 1.47 bits per heavy atom. The quantitative estimate of drug-likeness (QED) is 0.841. The molecule has 1 aromatic heterocycles. The predicted molar refractivity (Wildman–Crippen MR) is 62.5 cm³/mol. The number of halogens is 4. The molecule has 0 aliphatic heterocycles. The molecule has 7 heteroatoms. The fraction of sp³-hybridized carbons (Fsp3) is 0.400. The maximum absolute atomic E-state index is 12.3. The summed E-state index contributed by atoms with van der Waals surface area (Å²) in [6, 6.07) is 1.02. The predicted octanol–water partition coefficient (Wildman–Crippen LogP) is 3.11. The Morgan fingerprint density at radius 2 is 2.12 bits per heavy atom. The molecular formula is C10H9F3INO2. The largest absolute Gasteiger partial charge is 0.481 e. The number of carboxylic acids is 1. The van der Waals surface area contributed by atoms with Crippen LogP contribution in [0, 0.1) is 3.57 Å². The lowest BCUT2D eigenvalue weighted by atomic mass is 10.1. The van der Waals surface area contributed by atoms with E-state index >= 15 is 0 Å². The Hall–Kier alpha value is -0.860. The number of pyridine rings is 1. The summed E-state index contributed by atoms with van der Waals surface area (Å²) in [6.45, 7) is 0. The third-order valence-electron chi connectivity index (χ3n) is 2.05. The molecule has 17 heavy (non-hydrogen) atoms. The minimum absolute atomic E-state index is 0.0151. The SMILES string of the molecule is O=C(O)CCCc1ncc(C(F)(F)F)cc1I. The van der Waals surface area contributed by atoms with Crippen LogP contribution in [0.5, 0.6) is 0 Å². The van der Waals surface area contributed by atoms with Crippen molar-refractivity contribution in [3.8, 4) is 0 Å². The first-order chi connectivity index (χ1) is 7.80. The van der Waals surface area contributed by atoms with Crippen LogP contribution >= 0.6 is 22.6 Å². The average molecular weight is 359 g/mol. The monoisotopic (exact) mass is 359 g/mol. The molecule has 0 aliphatic carbocycles. The fourth-order valence-corrected chi connectivity index (χ4v) is 1.96. The zero-order valence-electron chi connectivity index (χ0n) is 8.59. The number of nitrogens with zero attached hydrogens (tertiary/aromatic N) is 1. The van der Waals surface area contributed by atoms with E-state index < -0.39 is 17.7 Å². The fourth-order valence-electron chi connectivity index (χ4n) is 1.21. The Kier molecular flexibility index (Phi) is 4.72. The minimum atomic E-state index is -4.40. The Morgan fingerprint density at radius 3 is 2.59 bits per heavy atom. The van der Waals surface area contributed by atoms with Gasteiger partial charge >= 0.3 is 12.1 Å². The molecule has 0 amide bonds. The topological polar surface area (TPSA) is 50.2 Å². The second-order valence-corrected chi connectivity index (χ2v) is 4.56. The molecule has 0 atom stereocenters. The number of aryl methyl sites for hydroxylation is 1. The summed E-state index contributed by atoms with van der Waals surface area (Å²) in [6.07, 6.45) is -2.91. The molecule has 0 bridgehead atoms. The highest BCUT2D eigenvalue weighted by Gasteiger charge is 2.31. The summed E-state index contributed by atoms with van der Waals surface area (Å²) in [5.74, 6) is -0.924. The maximum Gasteiger partial charge on any atom is 0.417 e. The van der Waals surface area contributed by atoms with Crippen molar-refractivity contribution in [1.29, 1.82) is 0 Å². The standard InChI is InChI=1S/C10H9F3INO2/c11-10(12,13)6-4-7(14)8(15-5-6)2-1-3-9(16)17/h4-5H,1-3H2,(H,16,17). The second-order valence-electron chi connectivity index (χ2n) is 3.40. The van der Waals surface area contributed by atoms with E-state index in [4.69, 9.17) is 5.11 Å². The number of aromatic nitrogens is 1. The molecule has 0 spiro atoms. The normalized spacial score (nSPS) is 11.5. The van der Waals surface area contributed by atoms with E-state index in [1.54, 1.807) is 22.6 Å². The van der Waals surface area contributed by atoms with Crippen LogP contribution in [0.3, 0.4) is 0 Å². The van der Waals surface area contributed by atoms with Crippen LogP contribution in [0.4, 0.5) is 13.2 Å². The van der Waals surface area contributed by atoms with E-state index in [1.165, 1.54) is 0 Å². The van der Waals surface area contributed by atoms with Crippen LogP contribution in [-0.2, 0) is 17.4 Å². The van der Waals surface area contributed by atoms with Gasteiger partial charge < -0.3 is 5.11 Å². The molecule has 1 aromatic rings. The van der Waals surface area contributed by atoms with Crippen molar-refractivity contribution in [1.82, 2.24) is 4.98 Å². The number of alkyl halides is 3. The summed E-state index contributed by atoms with van der Waals surface area (Å²) in [7, 11) is 0. The van der Waals surface area contributed by atoms with E-state index in [0.29, 0.717) is 22.1 Å². The first kappa shape index (κ1) is 14.2. The molecule has 0 saturated heterocycles. The van der Waals surface area contributed by atoms with Crippen molar-refractivity contribution >= 4 is 28.6 Å². The van der Waals surface area contributed by atoms with Crippen LogP contribution in [0.1, 0.15) is 24.1 Å². The molecule has 0 aliphatic rings. The third kappa shape index (κ3) is 4.49. The van der Waals surface area contributed by atoms with Gasteiger partial charge in [0.1, 0.15) is 0 Å². The molecule has 0 aromatic carbocycles. The van der Waals surface area contributed by atoms with Gasteiger partial charge in [0.25, 0.3) is 0 Å². The average Bonchev–Trinajstić information content (AvgIpc) is 2.18. The number of aliphatic carboxylic acids is 1. The van der Waals surface area contributed by atoms with Crippen molar-refractivity contribution in [2.45, 2.75) is 25.4 Å². The first-order valence-electron chi connectivity index (χ1n) is 4.74. The van der Waals surface area contributed by atoms with Gasteiger partial charge in [-0.3, -0.25) is 9.78 Å². The van der Waals surface area contributed by atoms with Crippen molar-refractivity contribution < 1.29 is 23.1 Å². The summed E-state index contributed by atoms with van der Waals surface area (Å²) in [5, 5.41) is 8.44. The van der Waals surface area contributed by atoms with Crippen molar-refractivity contribution in [2.24, 2.45) is 0 Å². The van der Waals surface area contributed by atoms with Gasteiger partial charge in [-0.2, -0.15) is 13.2 Å². The molecular weight excluding hydrogens is 350 g/mol. The highest BCUT2D eigenvalue weighted by molar-refractivity contribution is 14.1. The molecule has 94 valence electrons. The van der Waals surface area contributed by atoms with Gasteiger partial charge in [-0.05, 0) is 41.5 Å². The van der Waals surface area contributed by atoms with E-state index in [1.807, 2.05) is 0 Å². The zero-order chi connectivity index (χ0) is 13.1. The van der Waals surface area contributed by atoms with Gasteiger partial charge in [0.2, 0.25) is 0 Å². The minimum Gasteiger partial charge on any atom is -0.481 e. The Balaban J connectivity index is 2.73. The number of rotatable bonds is 4. The van der Waals surface area contributed by atoms with Crippen LogP contribution in [0.25, 0.3) is 0 Å². The van der Waals surface area contributed by atoms with Gasteiger partial charge in [0.15, 0.2) is 0 Å². The number of hydrogen-bond acceptors (Lipinski definition) is 2. The van der Waals surface area contributed by atoms with Crippen molar-refractivity contribution in [3.05, 3.63) is 27.1 Å². The summed E-state index contributed by atoms with van der Waals surface area (Å²) in [5.41, 5.74) is -0.288. The highest BCUT2D eigenvalue weighted by Crippen LogP contribution is 2.30. The number of carboxylic acid groups (broad SMARTS) is 1. The molecule has 1 N–H and O–H groups in total. The highest BCUT2D eigenvalue weighted by atomic mass is 127. The van der Waals surface area contributed by atoms with E-state index in [-0.39, 0.29) is 6.42 Å². The van der Waals surface area contributed by atoms with Gasteiger partial charge in [0.05, 0.1) is 11.3 Å². The van der Waals surface area contributed by atoms with Gasteiger partial charge in [-0.15, -0.1) is 0 Å².